The minimum absolute atomic E-state index is 0.874. The van der Waals surface area contributed by atoms with Crippen molar-refractivity contribution in [3.8, 4) is 0 Å². The summed E-state index contributed by atoms with van der Waals surface area (Å²) >= 11 is 0. The Bertz CT molecular complexity index is 229. The van der Waals surface area contributed by atoms with E-state index in [9.17, 15) is 0 Å². The molecule has 0 aliphatic carbocycles. The van der Waals surface area contributed by atoms with Gasteiger partial charge in [0.25, 0.3) is 0 Å². The zero-order chi connectivity index (χ0) is 8.10. The Kier molecular flexibility index (Phi) is 2.66. The topological polar surface area (TPSA) is 24.9 Å². The third-order valence-electron chi connectivity index (χ3n) is 1.52. The molecule has 58 valence electrons. The summed E-state index contributed by atoms with van der Waals surface area (Å²) < 4.78 is 0. The molecule has 0 unspecified atom stereocenters. The fourth-order valence-electron chi connectivity index (χ4n) is 0.835. The maximum atomic E-state index is 3.93. The molecular weight excluding hydrogens is 136 g/mol. The third kappa shape index (κ3) is 2.42. The van der Waals surface area contributed by atoms with Crippen molar-refractivity contribution < 1.29 is 0 Å². The largest absolute Gasteiger partial charge is 0.392 e. The highest BCUT2D eigenvalue weighted by Crippen LogP contribution is 2.01. The van der Waals surface area contributed by atoms with Crippen LogP contribution in [0.1, 0.15) is 5.56 Å². The summed E-state index contributed by atoms with van der Waals surface area (Å²) in [6, 6.07) is 3.98. The molecule has 0 atom stereocenters. The molecule has 0 fully saturated rings. The molecule has 0 aromatic carbocycles. The minimum atomic E-state index is 0.874. The molecule has 0 aliphatic rings. The first-order valence-corrected chi connectivity index (χ1v) is 3.57. The lowest BCUT2D eigenvalue weighted by atomic mass is 10.2. The molecule has 2 heteroatoms. The first-order chi connectivity index (χ1) is 5.33. The average molecular weight is 148 g/mol. The zero-order valence-corrected chi connectivity index (χ0v) is 6.67. The number of hydrogen-bond donors (Lipinski definition) is 1. The van der Waals surface area contributed by atoms with Gasteiger partial charge in [0.15, 0.2) is 0 Å². The smallest absolute Gasteiger partial charge is 0.0270 e. The van der Waals surface area contributed by atoms with E-state index in [1.165, 1.54) is 5.56 Å². The molecule has 0 amide bonds. The molecule has 0 saturated carbocycles. The van der Waals surface area contributed by atoms with Crippen LogP contribution in [0.2, 0.25) is 0 Å². The van der Waals surface area contributed by atoms with E-state index in [0.717, 1.165) is 12.1 Å². The van der Waals surface area contributed by atoms with E-state index in [2.05, 4.69) is 16.9 Å². The van der Waals surface area contributed by atoms with Crippen molar-refractivity contribution in [3.63, 3.8) is 0 Å². The number of pyridine rings is 1. The number of hydrogen-bond acceptors (Lipinski definition) is 2. The first kappa shape index (κ1) is 7.79. The van der Waals surface area contributed by atoms with E-state index >= 15 is 0 Å². The van der Waals surface area contributed by atoms with Crippen molar-refractivity contribution in [2.24, 2.45) is 0 Å². The SMILES string of the molecule is C=C(Cc1ccncc1)NC. The number of rotatable bonds is 3. The van der Waals surface area contributed by atoms with Crippen LogP contribution in [0.15, 0.2) is 36.8 Å². The average Bonchev–Trinajstić information content (AvgIpc) is 2.06. The van der Waals surface area contributed by atoms with E-state index in [1.807, 2.05) is 19.2 Å². The second-order valence-electron chi connectivity index (χ2n) is 2.39. The Labute approximate surface area is 67.0 Å². The van der Waals surface area contributed by atoms with Crippen LogP contribution in [-0.2, 0) is 6.42 Å². The maximum Gasteiger partial charge on any atom is 0.0270 e. The predicted octanol–water partition coefficient (Wildman–Crippen LogP) is 1.36. The van der Waals surface area contributed by atoms with E-state index < -0.39 is 0 Å². The Morgan fingerprint density at radius 2 is 2.18 bits per heavy atom. The summed E-state index contributed by atoms with van der Waals surface area (Å²) in [4.78, 5) is 3.93. The van der Waals surface area contributed by atoms with Crippen LogP contribution in [0.25, 0.3) is 0 Å². The van der Waals surface area contributed by atoms with Crippen molar-refractivity contribution >= 4 is 0 Å². The lowest BCUT2D eigenvalue weighted by molar-refractivity contribution is 0.926. The van der Waals surface area contributed by atoms with Crippen LogP contribution in [-0.4, -0.2) is 12.0 Å². The monoisotopic (exact) mass is 148 g/mol. The van der Waals surface area contributed by atoms with Gasteiger partial charge in [-0.3, -0.25) is 4.98 Å². The molecule has 1 N–H and O–H groups in total. The van der Waals surface area contributed by atoms with Crippen molar-refractivity contribution in [2.45, 2.75) is 6.42 Å². The third-order valence-corrected chi connectivity index (χ3v) is 1.52. The Hall–Kier alpha value is -1.31. The molecule has 2 nitrogen and oxygen atoms in total. The minimum Gasteiger partial charge on any atom is -0.392 e. The van der Waals surface area contributed by atoms with E-state index in [0.29, 0.717) is 0 Å². The van der Waals surface area contributed by atoms with Crippen molar-refractivity contribution in [1.29, 1.82) is 0 Å². The van der Waals surface area contributed by atoms with E-state index in [1.54, 1.807) is 12.4 Å². The number of aromatic nitrogens is 1. The summed E-state index contributed by atoms with van der Waals surface area (Å²) in [6.07, 6.45) is 4.45. The highest BCUT2D eigenvalue weighted by Gasteiger charge is 1.92. The summed E-state index contributed by atoms with van der Waals surface area (Å²) in [5.74, 6) is 0. The first-order valence-electron chi connectivity index (χ1n) is 3.57. The van der Waals surface area contributed by atoms with Gasteiger partial charge in [0.05, 0.1) is 0 Å². The standard InChI is InChI=1S/C9H12N2/c1-8(10-2)7-9-3-5-11-6-4-9/h3-6,10H,1,7H2,2H3. The maximum absolute atomic E-state index is 3.93. The Balaban J connectivity index is 2.58. The van der Waals surface area contributed by atoms with Gasteiger partial charge in [-0.25, -0.2) is 0 Å². The van der Waals surface area contributed by atoms with Gasteiger partial charge in [0, 0.05) is 31.6 Å². The van der Waals surface area contributed by atoms with Crippen LogP contribution in [0.4, 0.5) is 0 Å². The van der Waals surface area contributed by atoms with Gasteiger partial charge < -0.3 is 5.32 Å². The molecule has 11 heavy (non-hydrogen) atoms. The Morgan fingerprint density at radius 3 is 2.73 bits per heavy atom. The molecular formula is C9H12N2. The lowest BCUT2D eigenvalue weighted by Gasteiger charge is -2.02. The second-order valence-corrected chi connectivity index (χ2v) is 2.39. The van der Waals surface area contributed by atoms with Crippen LogP contribution < -0.4 is 5.32 Å². The van der Waals surface area contributed by atoms with Gasteiger partial charge in [-0.05, 0) is 17.7 Å². The van der Waals surface area contributed by atoms with Crippen molar-refractivity contribution in [1.82, 2.24) is 10.3 Å². The highest BCUT2D eigenvalue weighted by molar-refractivity contribution is 5.16. The van der Waals surface area contributed by atoms with E-state index in [4.69, 9.17) is 0 Å². The fraction of sp³-hybridized carbons (Fsp3) is 0.222. The molecule has 0 saturated heterocycles. The number of nitrogens with one attached hydrogen (secondary N) is 1. The molecule has 0 radical (unpaired) electrons. The number of allylic oxidation sites excluding steroid dienone is 1. The molecule has 0 aliphatic heterocycles. The van der Waals surface area contributed by atoms with Crippen molar-refractivity contribution in [2.75, 3.05) is 7.05 Å². The van der Waals surface area contributed by atoms with Crippen LogP contribution >= 0.6 is 0 Å². The summed E-state index contributed by atoms with van der Waals surface area (Å²) in [5, 5.41) is 3.00. The van der Waals surface area contributed by atoms with Crippen LogP contribution in [0.3, 0.4) is 0 Å². The highest BCUT2D eigenvalue weighted by atomic mass is 14.8. The van der Waals surface area contributed by atoms with Gasteiger partial charge in [-0.1, -0.05) is 6.58 Å². The lowest BCUT2D eigenvalue weighted by Crippen LogP contribution is -2.06. The van der Waals surface area contributed by atoms with Gasteiger partial charge in [0.1, 0.15) is 0 Å². The molecule has 1 rings (SSSR count). The van der Waals surface area contributed by atoms with E-state index in [-0.39, 0.29) is 0 Å². The van der Waals surface area contributed by atoms with Crippen LogP contribution in [0, 0.1) is 0 Å². The Morgan fingerprint density at radius 1 is 1.55 bits per heavy atom. The van der Waals surface area contributed by atoms with Gasteiger partial charge in [0.2, 0.25) is 0 Å². The molecule has 0 spiro atoms. The predicted molar refractivity (Wildman–Crippen MR) is 46.1 cm³/mol. The van der Waals surface area contributed by atoms with Crippen molar-refractivity contribution in [3.05, 3.63) is 42.4 Å². The number of likely N-dealkylation sites (N-methyl/N-ethyl adjacent to an activating group) is 1. The molecule has 0 bridgehead atoms. The van der Waals surface area contributed by atoms with Crippen LogP contribution in [0.5, 0.6) is 0 Å². The summed E-state index contributed by atoms with van der Waals surface area (Å²) in [6.45, 7) is 3.84. The molecule has 1 heterocycles. The molecule has 1 aromatic heterocycles. The van der Waals surface area contributed by atoms with Gasteiger partial charge in [-0.2, -0.15) is 0 Å². The molecule has 1 aromatic rings. The zero-order valence-electron chi connectivity index (χ0n) is 6.67. The fourth-order valence-corrected chi connectivity index (χ4v) is 0.835. The summed E-state index contributed by atoms with van der Waals surface area (Å²) in [7, 11) is 1.88. The normalized spacial score (nSPS) is 9.18. The number of nitrogens with zero attached hydrogens (tertiary/aromatic N) is 1. The quantitative estimate of drug-likeness (QED) is 0.700. The second kappa shape index (κ2) is 3.76. The van der Waals surface area contributed by atoms with Gasteiger partial charge in [-0.15, -0.1) is 0 Å². The summed E-state index contributed by atoms with van der Waals surface area (Å²) in [5.41, 5.74) is 2.26. The van der Waals surface area contributed by atoms with Gasteiger partial charge >= 0.3 is 0 Å².